The first kappa shape index (κ1) is 14.8. The molecule has 0 aliphatic rings. The lowest BCUT2D eigenvalue weighted by atomic mass is 10.3. The molecule has 0 aliphatic carbocycles. The number of hydrogen-bond acceptors (Lipinski definition) is 4. The van der Waals surface area contributed by atoms with Gasteiger partial charge in [0.25, 0.3) is 0 Å². The zero-order chi connectivity index (χ0) is 14.8. The molecule has 1 aromatic carbocycles. The predicted molar refractivity (Wildman–Crippen MR) is 78.8 cm³/mol. The summed E-state index contributed by atoms with van der Waals surface area (Å²) < 4.78 is 26.1. The number of sulfonamides is 1. The van der Waals surface area contributed by atoms with E-state index < -0.39 is 10.0 Å². The number of rotatable bonds is 4. The molecule has 0 amide bonds. The summed E-state index contributed by atoms with van der Waals surface area (Å²) in [6.45, 7) is 0.172. The summed E-state index contributed by atoms with van der Waals surface area (Å²) in [6.07, 6.45) is 1.62. The number of nitrogens with zero attached hydrogens (tertiary/aromatic N) is 2. The molecule has 0 fully saturated rings. The minimum atomic E-state index is -3.67. The highest BCUT2D eigenvalue weighted by Crippen LogP contribution is 2.25. The molecule has 5 nitrogen and oxygen atoms in total. The van der Waals surface area contributed by atoms with E-state index in [4.69, 9.17) is 17.3 Å². The maximum Gasteiger partial charge on any atom is 0.245 e. The number of nitrogens with two attached hydrogens (primary N) is 1. The Hall–Kier alpha value is -1.63. The summed E-state index contributed by atoms with van der Waals surface area (Å²) >= 11 is 5.78. The Bertz CT molecular complexity index is 705. The van der Waals surface area contributed by atoms with Crippen LogP contribution in [0.15, 0.2) is 47.5 Å². The lowest BCUT2D eigenvalue weighted by Gasteiger charge is -2.18. The molecule has 7 heteroatoms. The minimum Gasteiger partial charge on any atom is -0.398 e. The third-order valence-electron chi connectivity index (χ3n) is 2.77. The Kier molecular flexibility index (Phi) is 4.27. The fraction of sp³-hybridized carbons (Fsp3) is 0.154. The van der Waals surface area contributed by atoms with Crippen LogP contribution in [0.4, 0.5) is 5.69 Å². The van der Waals surface area contributed by atoms with E-state index in [2.05, 4.69) is 4.98 Å². The van der Waals surface area contributed by atoms with Gasteiger partial charge in [0.2, 0.25) is 10.0 Å². The van der Waals surface area contributed by atoms with Crippen molar-refractivity contribution < 1.29 is 8.42 Å². The Labute approximate surface area is 123 Å². The second-order valence-electron chi connectivity index (χ2n) is 4.26. The summed E-state index contributed by atoms with van der Waals surface area (Å²) in [7, 11) is -2.19. The van der Waals surface area contributed by atoms with E-state index >= 15 is 0 Å². The summed E-state index contributed by atoms with van der Waals surface area (Å²) in [6, 6.07) is 9.66. The first-order valence-electron chi connectivity index (χ1n) is 5.82. The van der Waals surface area contributed by atoms with Gasteiger partial charge in [-0.05, 0) is 30.3 Å². The predicted octanol–water partition coefficient (Wildman–Crippen LogP) is 2.14. The fourth-order valence-electron chi connectivity index (χ4n) is 1.73. The van der Waals surface area contributed by atoms with Gasteiger partial charge >= 0.3 is 0 Å². The Morgan fingerprint density at radius 2 is 2.05 bits per heavy atom. The molecular formula is C13H14ClN3O2S. The van der Waals surface area contributed by atoms with Gasteiger partial charge in [-0.15, -0.1) is 0 Å². The van der Waals surface area contributed by atoms with Gasteiger partial charge in [-0.2, -0.15) is 4.31 Å². The highest BCUT2D eigenvalue weighted by Gasteiger charge is 2.23. The summed E-state index contributed by atoms with van der Waals surface area (Å²) in [4.78, 5) is 4.15. The van der Waals surface area contributed by atoms with Crippen molar-refractivity contribution in [1.82, 2.24) is 9.29 Å². The lowest BCUT2D eigenvalue weighted by Crippen LogP contribution is -2.27. The SMILES string of the molecule is CN(Cc1ccccn1)S(=O)(=O)c1ccc(Cl)cc1N. The number of hydrogen-bond donors (Lipinski definition) is 1. The van der Waals surface area contributed by atoms with Gasteiger partial charge in [0, 0.05) is 18.3 Å². The Morgan fingerprint density at radius 1 is 1.30 bits per heavy atom. The van der Waals surface area contributed by atoms with Crippen LogP contribution in [-0.4, -0.2) is 24.8 Å². The molecule has 0 saturated carbocycles. The highest BCUT2D eigenvalue weighted by atomic mass is 35.5. The van der Waals surface area contributed by atoms with Crippen LogP contribution in [0, 0.1) is 0 Å². The molecule has 20 heavy (non-hydrogen) atoms. The van der Waals surface area contributed by atoms with Crippen molar-refractivity contribution in [3.05, 3.63) is 53.3 Å². The normalized spacial score (nSPS) is 11.8. The van der Waals surface area contributed by atoms with E-state index in [0.717, 1.165) is 0 Å². The summed E-state index contributed by atoms with van der Waals surface area (Å²) in [5.74, 6) is 0. The van der Waals surface area contributed by atoms with Crippen LogP contribution in [0.1, 0.15) is 5.69 Å². The quantitative estimate of drug-likeness (QED) is 0.878. The average Bonchev–Trinajstić information content (AvgIpc) is 2.39. The van der Waals surface area contributed by atoms with Crippen molar-refractivity contribution in [3.63, 3.8) is 0 Å². The third-order valence-corrected chi connectivity index (χ3v) is 4.88. The van der Waals surface area contributed by atoms with Crippen molar-refractivity contribution in [1.29, 1.82) is 0 Å². The molecule has 0 saturated heterocycles. The van der Waals surface area contributed by atoms with E-state index in [9.17, 15) is 8.42 Å². The molecule has 2 N–H and O–H groups in total. The highest BCUT2D eigenvalue weighted by molar-refractivity contribution is 7.89. The second kappa shape index (κ2) is 5.78. The smallest absolute Gasteiger partial charge is 0.245 e. The van der Waals surface area contributed by atoms with Crippen molar-refractivity contribution >= 4 is 27.3 Å². The largest absolute Gasteiger partial charge is 0.398 e. The van der Waals surface area contributed by atoms with E-state index in [1.165, 1.54) is 29.6 Å². The molecule has 106 valence electrons. The van der Waals surface area contributed by atoms with Crippen molar-refractivity contribution in [2.24, 2.45) is 0 Å². The number of pyridine rings is 1. The number of benzene rings is 1. The van der Waals surface area contributed by atoms with Crippen LogP contribution in [0.25, 0.3) is 0 Å². The van der Waals surface area contributed by atoms with Gasteiger partial charge in [-0.3, -0.25) is 4.98 Å². The molecule has 2 aromatic rings. The zero-order valence-electron chi connectivity index (χ0n) is 10.8. The molecule has 0 bridgehead atoms. The van der Waals surface area contributed by atoms with Crippen LogP contribution in [-0.2, 0) is 16.6 Å². The summed E-state index contributed by atoms with van der Waals surface area (Å²) in [5.41, 5.74) is 6.52. The van der Waals surface area contributed by atoms with Crippen LogP contribution in [0.2, 0.25) is 5.02 Å². The van der Waals surface area contributed by atoms with E-state index in [-0.39, 0.29) is 17.1 Å². The van der Waals surface area contributed by atoms with Crippen molar-refractivity contribution in [3.8, 4) is 0 Å². The molecule has 1 aromatic heterocycles. The third kappa shape index (κ3) is 3.09. The van der Waals surface area contributed by atoms with Gasteiger partial charge in [-0.1, -0.05) is 17.7 Å². The van der Waals surface area contributed by atoms with Crippen LogP contribution in [0.5, 0.6) is 0 Å². The first-order valence-corrected chi connectivity index (χ1v) is 7.64. The van der Waals surface area contributed by atoms with Gasteiger partial charge in [0.15, 0.2) is 0 Å². The lowest BCUT2D eigenvalue weighted by molar-refractivity contribution is 0.462. The zero-order valence-corrected chi connectivity index (χ0v) is 12.4. The van der Waals surface area contributed by atoms with E-state index in [1.54, 1.807) is 24.4 Å². The average molecular weight is 312 g/mol. The van der Waals surface area contributed by atoms with Gasteiger partial charge in [-0.25, -0.2) is 8.42 Å². The second-order valence-corrected chi connectivity index (χ2v) is 6.71. The number of aromatic nitrogens is 1. The van der Waals surface area contributed by atoms with Gasteiger partial charge in [0.1, 0.15) is 4.90 Å². The number of anilines is 1. The van der Waals surface area contributed by atoms with Crippen LogP contribution in [0.3, 0.4) is 0 Å². The number of nitrogen functional groups attached to an aromatic ring is 1. The minimum absolute atomic E-state index is 0.0420. The molecular weight excluding hydrogens is 298 g/mol. The Morgan fingerprint density at radius 3 is 2.65 bits per heavy atom. The molecule has 0 spiro atoms. The maximum absolute atomic E-state index is 12.4. The van der Waals surface area contributed by atoms with Gasteiger partial charge in [0.05, 0.1) is 17.9 Å². The van der Waals surface area contributed by atoms with Gasteiger partial charge < -0.3 is 5.73 Å². The molecule has 0 unspecified atom stereocenters. The van der Waals surface area contributed by atoms with Crippen molar-refractivity contribution in [2.45, 2.75) is 11.4 Å². The number of halogens is 1. The van der Waals surface area contributed by atoms with Crippen LogP contribution >= 0.6 is 11.6 Å². The molecule has 1 heterocycles. The molecule has 0 aliphatic heterocycles. The Balaban J connectivity index is 2.30. The van der Waals surface area contributed by atoms with E-state index in [1.807, 2.05) is 0 Å². The summed E-state index contributed by atoms with van der Waals surface area (Å²) in [5, 5.41) is 0.397. The van der Waals surface area contributed by atoms with Crippen molar-refractivity contribution in [2.75, 3.05) is 12.8 Å². The first-order chi connectivity index (χ1) is 9.41. The maximum atomic E-state index is 12.4. The molecule has 2 rings (SSSR count). The topological polar surface area (TPSA) is 76.3 Å². The van der Waals surface area contributed by atoms with E-state index in [0.29, 0.717) is 10.7 Å². The monoisotopic (exact) mass is 311 g/mol. The fourth-order valence-corrected chi connectivity index (χ4v) is 3.14. The molecule has 0 atom stereocenters. The molecule has 0 radical (unpaired) electrons. The standard InChI is InChI=1S/C13H14ClN3O2S/c1-17(9-11-4-2-3-7-16-11)20(18,19)13-6-5-10(14)8-12(13)15/h2-8H,9,15H2,1H3. The van der Waals surface area contributed by atoms with Crippen LogP contribution < -0.4 is 5.73 Å².